The number of fused-ring (bicyclic) bond motifs is 3. The zero-order chi connectivity index (χ0) is 16.3. The molecule has 0 spiro atoms. The molecule has 2 aliphatic rings. The van der Waals surface area contributed by atoms with Gasteiger partial charge in [-0.15, -0.1) is 0 Å². The Bertz CT molecular complexity index is 954. The molecule has 1 amide bonds. The van der Waals surface area contributed by atoms with Gasteiger partial charge < -0.3 is 14.3 Å². The highest BCUT2D eigenvalue weighted by atomic mass is 35.5. The van der Waals surface area contributed by atoms with Gasteiger partial charge in [0, 0.05) is 42.1 Å². The molecule has 3 heterocycles. The highest BCUT2D eigenvalue weighted by Crippen LogP contribution is 2.42. The van der Waals surface area contributed by atoms with Gasteiger partial charge in [0.05, 0.1) is 10.5 Å². The number of hydrogen-bond donors (Lipinski definition) is 1. The lowest BCUT2D eigenvalue weighted by Gasteiger charge is -2.26. The van der Waals surface area contributed by atoms with E-state index in [1.807, 2.05) is 17.0 Å². The Morgan fingerprint density at radius 2 is 2.25 bits per heavy atom. The van der Waals surface area contributed by atoms with Crippen LogP contribution in [0.2, 0.25) is 5.02 Å². The molecule has 3 aromatic rings. The first-order valence-electron chi connectivity index (χ1n) is 8.23. The predicted molar refractivity (Wildman–Crippen MR) is 90.2 cm³/mol. The van der Waals surface area contributed by atoms with E-state index in [1.165, 1.54) is 12.1 Å². The molecule has 122 valence electrons. The minimum absolute atomic E-state index is 0.0346. The van der Waals surface area contributed by atoms with Crippen LogP contribution in [-0.4, -0.2) is 27.3 Å². The second-order valence-corrected chi connectivity index (χ2v) is 6.97. The van der Waals surface area contributed by atoms with Crippen molar-refractivity contribution in [1.82, 2.24) is 14.9 Å². The van der Waals surface area contributed by atoms with Gasteiger partial charge in [-0.3, -0.25) is 4.79 Å². The second kappa shape index (κ2) is 5.11. The van der Waals surface area contributed by atoms with Gasteiger partial charge >= 0.3 is 0 Å². The summed E-state index contributed by atoms with van der Waals surface area (Å²) in [5.41, 5.74) is 3.77. The standard InChI is InChI=1S/C18H16ClN3O2/c19-13-3-1-2-11-12-8-22(7-6-14(12)21-15(11)13)18(23)16-17(10-4-5-10)24-9-20-16/h1-3,9-10,21H,4-8H2. The molecule has 5 rings (SSSR count). The minimum Gasteiger partial charge on any atom is -0.447 e. The fourth-order valence-corrected chi connectivity index (χ4v) is 3.80. The molecule has 0 bridgehead atoms. The summed E-state index contributed by atoms with van der Waals surface area (Å²) in [6.07, 6.45) is 4.35. The molecule has 1 aliphatic heterocycles. The Morgan fingerprint density at radius 1 is 1.38 bits per heavy atom. The Kier molecular flexibility index (Phi) is 3.00. The molecule has 24 heavy (non-hydrogen) atoms. The van der Waals surface area contributed by atoms with E-state index >= 15 is 0 Å². The summed E-state index contributed by atoms with van der Waals surface area (Å²) in [4.78, 5) is 22.4. The number of rotatable bonds is 2. The molecule has 5 nitrogen and oxygen atoms in total. The smallest absolute Gasteiger partial charge is 0.276 e. The predicted octanol–water partition coefficient (Wildman–Crippen LogP) is 3.89. The first kappa shape index (κ1) is 14.1. The monoisotopic (exact) mass is 341 g/mol. The van der Waals surface area contributed by atoms with Crippen molar-refractivity contribution in [2.75, 3.05) is 6.54 Å². The Balaban J connectivity index is 1.50. The minimum atomic E-state index is -0.0346. The highest BCUT2D eigenvalue weighted by Gasteiger charge is 2.35. The topological polar surface area (TPSA) is 62.1 Å². The van der Waals surface area contributed by atoms with Crippen LogP contribution >= 0.6 is 11.6 Å². The van der Waals surface area contributed by atoms with Crippen LogP contribution in [0, 0.1) is 0 Å². The van der Waals surface area contributed by atoms with Crippen molar-refractivity contribution >= 4 is 28.4 Å². The lowest BCUT2D eigenvalue weighted by atomic mass is 10.0. The van der Waals surface area contributed by atoms with Crippen LogP contribution in [0.3, 0.4) is 0 Å². The van der Waals surface area contributed by atoms with E-state index in [9.17, 15) is 4.79 Å². The third kappa shape index (κ3) is 2.08. The van der Waals surface area contributed by atoms with Crippen molar-refractivity contribution in [3.63, 3.8) is 0 Å². The van der Waals surface area contributed by atoms with Crippen molar-refractivity contribution < 1.29 is 9.21 Å². The van der Waals surface area contributed by atoms with Crippen molar-refractivity contribution in [2.24, 2.45) is 0 Å². The molecule has 1 N–H and O–H groups in total. The number of aromatic nitrogens is 2. The van der Waals surface area contributed by atoms with Gasteiger partial charge in [-0.2, -0.15) is 0 Å². The van der Waals surface area contributed by atoms with Crippen molar-refractivity contribution in [1.29, 1.82) is 0 Å². The number of para-hydroxylation sites is 1. The van der Waals surface area contributed by atoms with E-state index in [0.29, 0.717) is 29.7 Å². The van der Waals surface area contributed by atoms with Gasteiger partial charge in [0.1, 0.15) is 5.76 Å². The summed E-state index contributed by atoms with van der Waals surface area (Å²) in [5, 5.41) is 1.81. The number of nitrogens with one attached hydrogen (secondary N) is 1. The van der Waals surface area contributed by atoms with Crippen LogP contribution in [0.15, 0.2) is 29.0 Å². The van der Waals surface area contributed by atoms with Crippen LogP contribution in [0.1, 0.15) is 46.3 Å². The summed E-state index contributed by atoms with van der Waals surface area (Å²) in [5.74, 6) is 1.10. The molecule has 2 aromatic heterocycles. The largest absolute Gasteiger partial charge is 0.447 e. The maximum Gasteiger partial charge on any atom is 0.276 e. The van der Waals surface area contributed by atoms with E-state index in [4.69, 9.17) is 16.0 Å². The summed E-state index contributed by atoms with van der Waals surface area (Å²) in [6, 6.07) is 5.88. The summed E-state index contributed by atoms with van der Waals surface area (Å²) in [6.45, 7) is 1.25. The molecular formula is C18H16ClN3O2. The van der Waals surface area contributed by atoms with Crippen LogP contribution in [-0.2, 0) is 13.0 Å². The van der Waals surface area contributed by atoms with Crippen molar-refractivity contribution in [3.8, 4) is 0 Å². The third-order valence-electron chi connectivity index (χ3n) is 4.99. The first-order chi connectivity index (χ1) is 11.7. The Labute approximate surface area is 143 Å². The molecule has 1 fully saturated rings. The van der Waals surface area contributed by atoms with Gasteiger partial charge in [-0.1, -0.05) is 23.7 Å². The normalized spacial score (nSPS) is 17.3. The number of halogens is 1. The number of carbonyl (C=O) groups is 1. The maximum absolute atomic E-state index is 12.9. The molecular weight excluding hydrogens is 326 g/mol. The summed E-state index contributed by atoms with van der Waals surface area (Å²) >= 11 is 6.29. The van der Waals surface area contributed by atoms with E-state index < -0.39 is 0 Å². The van der Waals surface area contributed by atoms with Crippen molar-refractivity contribution in [3.05, 3.63) is 52.3 Å². The average Bonchev–Trinajstić information content (AvgIpc) is 3.20. The number of aromatic amines is 1. The number of hydrogen-bond acceptors (Lipinski definition) is 3. The quantitative estimate of drug-likeness (QED) is 0.769. The SMILES string of the molecule is O=C(c1ncoc1C1CC1)N1CCc2[nH]c3c(Cl)cccc3c2C1. The van der Waals surface area contributed by atoms with Gasteiger partial charge in [0.25, 0.3) is 5.91 Å². The van der Waals surface area contributed by atoms with E-state index in [0.717, 1.165) is 41.5 Å². The lowest BCUT2D eigenvalue weighted by Crippen LogP contribution is -2.36. The summed E-state index contributed by atoms with van der Waals surface area (Å²) < 4.78 is 5.46. The van der Waals surface area contributed by atoms with E-state index in [2.05, 4.69) is 16.0 Å². The maximum atomic E-state index is 12.9. The van der Waals surface area contributed by atoms with Gasteiger partial charge in [0.2, 0.25) is 0 Å². The number of nitrogens with zero attached hydrogens (tertiary/aromatic N) is 2. The molecule has 0 saturated heterocycles. The van der Waals surface area contributed by atoms with E-state index in [1.54, 1.807) is 0 Å². The molecule has 1 aliphatic carbocycles. The molecule has 0 unspecified atom stereocenters. The van der Waals surface area contributed by atoms with Crippen LogP contribution in [0.25, 0.3) is 10.9 Å². The van der Waals surface area contributed by atoms with E-state index in [-0.39, 0.29) is 5.91 Å². The molecule has 0 atom stereocenters. The number of H-pyrrole nitrogens is 1. The fourth-order valence-electron chi connectivity index (χ4n) is 3.58. The van der Waals surface area contributed by atoms with Gasteiger partial charge in [-0.05, 0) is 18.9 Å². The highest BCUT2D eigenvalue weighted by molar-refractivity contribution is 6.35. The van der Waals surface area contributed by atoms with Gasteiger partial charge in [-0.25, -0.2) is 4.98 Å². The zero-order valence-corrected chi connectivity index (χ0v) is 13.8. The average molecular weight is 342 g/mol. The molecule has 6 heteroatoms. The lowest BCUT2D eigenvalue weighted by molar-refractivity contribution is 0.0727. The summed E-state index contributed by atoms with van der Waals surface area (Å²) in [7, 11) is 0. The Hall–Kier alpha value is -2.27. The fraction of sp³-hybridized carbons (Fsp3) is 0.333. The Morgan fingerprint density at radius 3 is 3.08 bits per heavy atom. The van der Waals surface area contributed by atoms with Gasteiger partial charge in [0.15, 0.2) is 12.1 Å². The molecule has 1 aromatic carbocycles. The molecule has 1 saturated carbocycles. The number of benzene rings is 1. The van der Waals surface area contributed by atoms with Crippen LogP contribution in [0.5, 0.6) is 0 Å². The van der Waals surface area contributed by atoms with Crippen molar-refractivity contribution in [2.45, 2.75) is 31.7 Å². The number of carbonyl (C=O) groups excluding carboxylic acids is 1. The first-order valence-corrected chi connectivity index (χ1v) is 8.61. The second-order valence-electron chi connectivity index (χ2n) is 6.56. The zero-order valence-electron chi connectivity index (χ0n) is 13.0. The third-order valence-corrected chi connectivity index (χ3v) is 5.31. The number of amides is 1. The van der Waals surface area contributed by atoms with Crippen LogP contribution < -0.4 is 0 Å². The molecule has 0 radical (unpaired) electrons. The number of oxazole rings is 1. The van der Waals surface area contributed by atoms with Crippen LogP contribution in [0.4, 0.5) is 0 Å².